The summed E-state index contributed by atoms with van der Waals surface area (Å²) in [4.78, 5) is 47.1. The molecule has 1 aromatic rings. The summed E-state index contributed by atoms with van der Waals surface area (Å²) < 4.78 is 4.84. The van der Waals surface area contributed by atoms with E-state index in [4.69, 9.17) is 21.4 Å². The first-order valence-corrected chi connectivity index (χ1v) is 14.1. The molecule has 0 aliphatic heterocycles. The Bertz CT molecular complexity index is 750. The fourth-order valence-electron chi connectivity index (χ4n) is 1.89. The average Bonchev–Trinajstić information content (AvgIpc) is 2.83. The SMILES string of the molecule is CCCl.CCOC(=O)C(CS)NC(=O)c1cccc(C(=O)NC(CS)C(=O)O)c1.P=S.P=S. The van der Waals surface area contributed by atoms with Gasteiger partial charge in [0.15, 0.2) is 0 Å². The first-order valence-electron chi connectivity index (χ1n) is 9.05. The Kier molecular flexibility index (Phi) is 27.0. The van der Waals surface area contributed by atoms with Gasteiger partial charge in [-0.1, -0.05) is 36.6 Å². The predicted molar refractivity (Wildman–Crippen MR) is 149 cm³/mol. The van der Waals surface area contributed by atoms with Crippen molar-refractivity contribution < 1.29 is 29.0 Å². The fourth-order valence-corrected chi connectivity index (χ4v) is 2.38. The molecule has 0 fully saturated rings. The Hall–Kier alpha value is -0.870. The van der Waals surface area contributed by atoms with Gasteiger partial charge in [-0.15, -0.1) is 11.6 Å². The van der Waals surface area contributed by atoms with E-state index in [-0.39, 0.29) is 29.2 Å². The van der Waals surface area contributed by atoms with E-state index in [1.54, 1.807) is 6.92 Å². The number of aliphatic carboxylic acids is 1. The van der Waals surface area contributed by atoms with Crippen molar-refractivity contribution >= 4 is 100 Å². The zero-order chi connectivity index (χ0) is 26.4. The number of carbonyl (C=O) groups is 4. The van der Waals surface area contributed by atoms with Crippen LogP contribution in [0.1, 0.15) is 34.6 Å². The maximum absolute atomic E-state index is 12.3. The van der Waals surface area contributed by atoms with Gasteiger partial charge in [0.05, 0.1) is 6.61 Å². The van der Waals surface area contributed by atoms with Gasteiger partial charge in [-0.2, -0.15) is 25.3 Å². The summed E-state index contributed by atoms with van der Waals surface area (Å²) in [6.07, 6.45) is 0. The van der Waals surface area contributed by atoms with Gasteiger partial charge in [-0.05, 0) is 41.2 Å². The number of hydrogen-bond acceptors (Lipinski definition) is 9. The molecule has 1 aromatic carbocycles. The highest BCUT2D eigenvalue weighted by molar-refractivity contribution is 7.89. The lowest BCUT2D eigenvalue weighted by Gasteiger charge is -2.15. The summed E-state index contributed by atoms with van der Waals surface area (Å²) in [6.45, 7) is 3.71. The highest BCUT2D eigenvalue weighted by Gasteiger charge is 2.22. The molecule has 0 spiro atoms. The number of amides is 2. The summed E-state index contributed by atoms with van der Waals surface area (Å²) >= 11 is 20.7. The van der Waals surface area contributed by atoms with E-state index in [0.29, 0.717) is 0 Å². The lowest BCUT2D eigenvalue weighted by atomic mass is 10.1. The lowest BCUT2D eigenvalue weighted by Crippen LogP contribution is -2.43. The van der Waals surface area contributed by atoms with Crippen LogP contribution in [0.4, 0.5) is 0 Å². The zero-order valence-corrected chi connectivity index (χ0v) is 24.0. The van der Waals surface area contributed by atoms with Crippen LogP contribution in [-0.4, -0.2) is 64.9 Å². The number of benzene rings is 1. The van der Waals surface area contributed by atoms with Crippen molar-refractivity contribution in [1.29, 1.82) is 0 Å². The lowest BCUT2D eigenvalue weighted by molar-refractivity contribution is -0.144. The maximum Gasteiger partial charge on any atom is 0.329 e. The molecule has 0 radical (unpaired) electrons. The Balaban J connectivity index is -0.00000115. The van der Waals surface area contributed by atoms with Crippen molar-refractivity contribution in [2.24, 2.45) is 0 Å². The molecule has 1 rings (SSSR count). The van der Waals surface area contributed by atoms with Gasteiger partial charge in [0.2, 0.25) is 0 Å². The number of nitrogens with one attached hydrogen (secondary N) is 2. The number of hydrogen-bond donors (Lipinski definition) is 5. The molecule has 3 N–H and O–H groups in total. The first-order chi connectivity index (χ1) is 15.7. The second-order valence-corrected chi connectivity index (χ2v) is 6.62. The quantitative estimate of drug-likeness (QED) is 0.128. The fraction of sp³-hybridized carbons (Fsp3) is 0.444. The van der Waals surface area contributed by atoms with Gasteiger partial charge in [-0.3, -0.25) is 9.59 Å². The minimum atomic E-state index is -1.21. The normalized spacial score (nSPS) is 10.7. The zero-order valence-electron chi connectivity index (χ0n) is 17.9. The van der Waals surface area contributed by atoms with Crippen molar-refractivity contribution in [1.82, 2.24) is 10.6 Å². The molecule has 0 saturated heterocycles. The molecule has 0 aliphatic carbocycles. The molecule has 0 heterocycles. The number of carbonyl (C=O) groups excluding carboxylic acids is 3. The summed E-state index contributed by atoms with van der Waals surface area (Å²) in [5, 5.41) is 13.7. The number of thiol groups is 2. The van der Waals surface area contributed by atoms with Crippen LogP contribution in [0.15, 0.2) is 24.3 Å². The van der Waals surface area contributed by atoms with Gasteiger partial charge in [-0.25, -0.2) is 9.59 Å². The van der Waals surface area contributed by atoms with Gasteiger partial charge >= 0.3 is 11.9 Å². The van der Waals surface area contributed by atoms with Gasteiger partial charge < -0.3 is 20.5 Å². The molecular weight excluding hydrogens is 566 g/mol. The molecule has 0 bridgehead atoms. The third-order valence-corrected chi connectivity index (χ3v) is 3.96. The predicted octanol–water partition coefficient (Wildman–Crippen LogP) is 2.82. The van der Waals surface area contributed by atoms with E-state index in [9.17, 15) is 19.2 Å². The van der Waals surface area contributed by atoms with Crippen LogP contribution in [-0.2, 0) is 37.9 Å². The van der Waals surface area contributed by atoms with Crippen molar-refractivity contribution in [3.05, 3.63) is 35.4 Å². The molecule has 33 heavy (non-hydrogen) atoms. The largest absolute Gasteiger partial charge is 0.480 e. The summed E-state index contributed by atoms with van der Waals surface area (Å²) in [5.41, 5.74) is 0.232. The third kappa shape index (κ3) is 16.4. The molecule has 186 valence electrons. The number of carboxylic acid groups (broad SMARTS) is 1. The van der Waals surface area contributed by atoms with E-state index < -0.39 is 35.8 Å². The van der Waals surface area contributed by atoms with Gasteiger partial charge in [0.25, 0.3) is 11.8 Å². The molecule has 2 atom stereocenters. The summed E-state index contributed by atoms with van der Waals surface area (Å²) in [6, 6.07) is 3.58. The molecule has 0 aliphatic rings. The smallest absolute Gasteiger partial charge is 0.329 e. The Morgan fingerprint density at radius 1 is 1.00 bits per heavy atom. The molecule has 0 aromatic heterocycles. The monoisotopic (exact) mass is 592 g/mol. The van der Waals surface area contributed by atoms with E-state index in [0.717, 1.165) is 5.88 Å². The second kappa shape index (κ2) is 24.3. The van der Waals surface area contributed by atoms with Gasteiger partial charge in [0, 0.05) is 28.5 Å². The second-order valence-electron chi connectivity index (χ2n) is 5.36. The third-order valence-electron chi connectivity index (χ3n) is 3.23. The Morgan fingerprint density at radius 2 is 1.39 bits per heavy atom. The molecule has 2 amide bonds. The van der Waals surface area contributed by atoms with Crippen LogP contribution in [0, 0.1) is 0 Å². The molecule has 2 unspecified atom stereocenters. The highest BCUT2D eigenvalue weighted by Crippen LogP contribution is 2.07. The van der Waals surface area contributed by atoms with Crippen molar-refractivity contribution in [3.63, 3.8) is 0 Å². The number of alkyl halides is 1. The van der Waals surface area contributed by atoms with E-state index in [1.165, 1.54) is 24.3 Å². The van der Waals surface area contributed by atoms with Crippen LogP contribution < -0.4 is 10.6 Å². The minimum absolute atomic E-state index is 0.0486. The van der Waals surface area contributed by atoms with Crippen molar-refractivity contribution in [2.45, 2.75) is 25.9 Å². The van der Waals surface area contributed by atoms with Crippen LogP contribution in [0.25, 0.3) is 0 Å². The van der Waals surface area contributed by atoms with E-state index in [1.807, 2.05) is 6.92 Å². The summed E-state index contributed by atoms with van der Waals surface area (Å²) in [7, 11) is 5.11. The Labute approximate surface area is 224 Å². The number of carboxylic acids is 1. The Morgan fingerprint density at radius 3 is 1.73 bits per heavy atom. The summed E-state index contributed by atoms with van der Waals surface area (Å²) in [5.74, 6) is -2.37. The van der Waals surface area contributed by atoms with Crippen LogP contribution in [0.2, 0.25) is 0 Å². The molecule has 8 nitrogen and oxygen atoms in total. The first kappa shape index (κ1) is 36.7. The number of esters is 1. The molecule has 15 heteroatoms. The maximum atomic E-state index is 12.3. The molecule has 0 saturated carbocycles. The van der Waals surface area contributed by atoms with Crippen LogP contribution >= 0.6 is 52.9 Å². The van der Waals surface area contributed by atoms with E-state index >= 15 is 0 Å². The minimum Gasteiger partial charge on any atom is -0.480 e. The highest BCUT2D eigenvalue weighted by atomic mass is 35.5. The van der Waals surface area contributed by atoms with Crippen molar-refractivity contribution in [3.8, 4) is 0 Å². The number of halogens is 1. The molecular formula is C18H27ClN2O6P2S4. The van der Waals surface area contributed by atoms with E-state index in [2.05, 4.69) is 75.5 Å². The van der Waals surface area contributed by atoms with Gasteiger partial charge in [0.1, 0.15) is 12.1 Å². The average molecular weight is 593 g/mol. The van der Waals surface area contributed by atoms with Crippen molar-refractivity contribution in [2.75, 3.05) is 24.0 Å². The van der Waals surface area contributed by atoms with Crippen LogP contribution in [0.3, 0.4) is 0 Å². The standard InChI is InChI=1S/C16H20N2O6S2.C2H5Cl.2HPS/c1-2-24-16(23)12(8-26)18-14(20)10-5-3-4-9(6-10)13(19)17-11(7-25)15(21)22;1-2-3;2*1-2/h3-6,11-12,25-26H,2,7-8H2,1H3,(H,17,19)(H,18,20)(H,21,22);2H2,1H3;2*1H. The topological polar surface area (TPSA) is 122 Å². The number of ether oxygens (including phenoxy) is 1. The van der Waals surface area contributed by atoms with Crippen LogP contribution in [0.5, 0.6) is 0 Å². The number of rotatable bonds is 9.